The highest BCUT2D eigenvalue weighted by molar-refractivity contribution is 7.89. The van der Waals surface area contributed by atoms with Gasteiger partial charge in [-0.1, -0.05) is 53.0 Å². The van der Waals surface area contributed by atoms with E-state index in [0.29, 0.717) is 24.4 Å². The van der Waals surface area contributed by atoms with Crippen molar-refractivity contribution in [2.24, 2.45) is 5.92 Å². The second kappa shape index (κ2) is 9.01. The predicted molar refractivity (Wildman–Crippen MR) is 111 cm³/mol. The highest BCUT2D eigenvalue weighted by Gasteiger charge is 2.34. The van der Waals surface area contributed by atoms with Gasteiger partial charge in [0.15, 0.2) is 0 Å². The third-order valence-corrected chi connectivity index (χ3v) is 7.79. The molecular formula is C19H19Cl3N2O3S. The molecule has 1 N–H and O–H groups in total. The summed E-state index contributed by atoms with van der Waals surface area (Å²) in [4.78, 5) is 12.4. The van der Waals surface area contributed by atoms with Crippen molar-refractivity contribution in [3.63, 3.8) is 0 Å². The molecule has 0 aliphatic carbocycles. The Morgan fingerprint density at radius 1 is 1.04 bits per heavy atom. The van der Waals surface area contributed by atoms with E-state index in [1.807, 2.05) is 12.1 Å². The first-order valence-corrected chi connectivity index (χ1v) is 11.3. The van der Waals surface area contributed by atoms with Gasteiger partial charge >= 0.3 is 0 Å². The minimum Gasteiger partial charge on any atom is -0.352 e. The highest BCUT2D eigenvalue weighted by atomic mass is 35.5. The molecule has 5 nitrogen and oxygen atoms in total. The number of nitrogens with zero attached hydrogens (tertiary/aromatic N) is 1. The van der Waals surface area contributed by atoms with Crippen molar-refractivity contribution in [2.75, 3.05) is 13.1 Å². The van der Waals surface area contributed by atoms with E-state index in [2.05, 4.69) is 5.32 Å². The molecule has 3 rings (SSSR count). The lowest BCUT2D eigenvalue weighted by Crippen LogP contribution is -2.43. The summed E-state index contributed by atoms with van der Waals surface area (Å²) in [5.41, 5.74) is 0.911. The normalized spacial score (nSPS) is 16.1. The largest absolute Gasteiger partial charge is 0.352 e. The van der Waals surface area contributed by atoms with Crippen LogP contribution < -0.4 is 5.32 Å². The number of sulfonamides is 1. The molecule has 150 valence electrons. The molecule has 1 heterocycles. The summed E-state index contributed by atoms with van der Waals surface area (Å²) in [6.45, 7) is 0.853. The molecule has 0 bridgehead atoms. The number of carbonyl (C=O) groups excluding carboxylic acids is 1. The molecular weight excluding hydrogens is 443 g/mol. The number of hydrogen-bond donors (Lipinski definition) is 1. The molecule has 0 spiro atoms. The Kier molecular flexibility index (Phi) is 6.89. The van der Waals surface area contributed by atoms with Crippen LogP contribution in [0.1, 0.15) is 18.4 Å². The maximum atomic E-state index is 12.9. The van der Waals surface area contributed by atoms with Crippen molar-refractivity contribution in [3.8, 4) is 0 Å². The SMILES string of the molecule is O=C(NCc1cccc(Cl)c1)C1CCN(S(=O)(=O)c2c(Cl)cccc2Cl)CC1. The van der Waals surface area contributed by atoms with Gasteiger partial charge < -0.3 is 5.32 Å². The van der Waals surface area contributed by atoms with Crippen LogP contribution in [-0.4, -0.2) is 31.7 Å². The molecule has 0 saturated carbocycles. The lowest BCUT2D eigenvalue weighted by atomic mass is 9.97. The van der Waals surface area contributed by atoms with Crippen LogP contribution in [0.2, 0.25) is 15.1 Å². The standard InChI is InChI=1S/C19H19Cl3N2O3S/c20-15-4-1-3-13(11-15)12-23-19(25)14-7-9-24(10-8-14)28(26,27)18-16(21)5-2-6-17(18)22/h1-6,11,14H,7-10,12H2,(H,23,25). The van der Waals surface area contributed by atoms with Crippen LogP contribution in [0.15, 0.2) is 47.4 Å². The van der Waals surface area contributed by atoms with Gasteiger partial charge in [-0.05, 0) is 42.7 Å². The fraction of sp³-hybridized carbons (Fsp3) is 0.316. The number of rotatable bonds is 5. The molecule has 0 unspecified atom stereocenters. The van der Waals surface area contributed by atoms with Crippen molar-refractivity contribution in [3.05, 3.63) is 63.1 Å². The minimum absolute atomic E-state index is 0.0813. The zero-order valence-corrected chi connectivity index (χ0v) is 18.0. The minimum atomic E-state index is -3.81. The number of nitrogens with one attached hydrogen (secondary N) is 1. The fourth-order valence-electron chi connectivity index (χ4n) is 3.20. The summed E-state index contributed by atoms with van der Waals surface area (Å²) < 4.78 is 27.1. The van der Waals surface area contributed by atoms with Gasteiger partial charge in [0.2, 0.25) is 15.9 Å². The van der Waals surface area contributed by atoms with E-state index in [0.717, 1.165) is 5.56 Å². The molecule has 2 aromatic rings. The van der Waals surface area contributed by atoms with Crippen LogP contribution in [0, 0.1) is 5.92 Å². The third-order valence-electron chi connectivity index (χ3n) is 4.70. The van der Waals surface area contributed by atoms with E-state index in [9.17, 15) is 13.2 Å². The van der Waals surface area contributed by atoms with Crippen molar-refractivity contribution in [2.45, 2.75) is 24.3 Å². The Morgan fingerprint density at radius 3 is 2.25 bits per heavy atom. The van der Waals surface area contributed by atoms with E-state index >= 15 is 0 Å². The second-order valence-corrected chi connectivity index (χ2v) is 9.70. The Bertz CT molecular complexity index is 954. The van der Waals surface area contributed by atoms with Gasteiger partial charge in [0.25, 0.3) is 0 Å². The first-order chi connectivity index (χ1) is 13.3. The van der Waals surface area contributed by atoms with Crippen molar-refractivity contribution >= 4 is 50.7 Å². The molecule has 1 aliphatic heterocycles. The zero-order chi connectivity index (χ0) is 20.3. The summed E-state index contributed by atoms with van der Waals surface area (Å²) in [6, 6.07) is 11.9. The van der Waals surface area contributed by atoms with E-state index in [1.54, 1.807) is 18.2 Å². The van der Waals surface area contributed by atoms with E-state index in [4.69, 9.17) is 34.8 Å². The Morgan fingerprint density at radius 2 is 1.64 bits per heavy atom. The maximum absolute atomic E-state index is 12.9. The molecule has 1 aliphatic rings. The van der Waals surface area contributed by atoms with Crippen molar-refractivity contribution < 1.29 is 13.2 Å². The lowest BCUT2D eigenvalue weighted by Gasteiger charge is -2.31. The van der Waals surface area contributed by atoms with Gasteiger partial charge in [-0.2, -0.15) is 4.31 Å². The van der Waals surface area contributed by atoms with Gasteiger partial charge in [0, 0.05) is 30.6 Å². The summed E-state index contributed by atoms with van der Waals surface area (Å²) in [5.74, 6) is -0.333. The molecule has 9 heteroatoms. The Hall–Kier alpha value is -1.31. The molecule has 1 saturated heterocycles. The summed E-state index contributed by atoms with van der Waals surface area (Å²) >= 11 is 18.1. The summed E-state index contributed by atoms with van der Waals surface area (Å²) in [5, 5.41) is 3.69. The first-order valence-electron chi connectivity index (χ1n) is 8.75. The summed E-state index contributed by atoms with van der Waals surface area (Å²) in [7, 11) is -3.81. The molecule has 0 radical (unpaired) electrons. The number of benzene rings is 2. The zero-order valence-electron chi connectivity index (χ0n) is 14.9. The third kappa shape index (κ3) is 4.81. The number of carbonyl (C=O) groups is 1. The topological polar surface area (TPSA) is 66.5 Å². The number of piperidine rings is 1. The van der Waals surface area contributed by atoms with Gasteiger partial charge in [0.1, 0.15) is 4.90 Å². The molecule has 2 aromatic carbocycles. The average molecular weight is 462 g/mol. The van der Waals surface area contributed by atoms with Crippen molar-refractivity contribution in [1.29, 1.82) is 0 Å². The first kappa shape index (κ1) is 21.4. The van der Waals surface area contributed by atoms with Crippen LogP contribution >= 0.6 is 34.8 Å². The molecule has 0 atom stereocenters. The van der Waals surface area contributed by atoms with Crippen LogP contribution in [0.5, 0.6) is 0 Å². The van der Waals surface area contributed by atoms with Crippen molar-refractivity contribution in [1.82, 2.24) is 9.62 Å². The highest BCUT2D eigenvalue weighted by Crippen LogP contribution is 2.33. The number of amides is 1. The summed E-state index contributed by atoms with van der Waals surface area (Å²) in [6.07, 6.45) is 0.866. The number of halogens is 3. The molecule has 28 heavy (non-hydrogen) atoms. The fourth-order valence-corrected chi connectivity index (χ4v) is 5.97. The van der Waals surface area contributed by atoms with Gasteiger partial charge in [0.05, 0.1) is 10.0 Å². The Balaban J connectivity index is 1.60. The van der Waals surface area contributed by atoms with Crippen LogP contribution in [0.3, 0.4) is 0 Å². The quantitative estimate of drug-likeness (QED) is 0.719. The maximum Gasteiger partial charge on any atom is 0.246 e. The smallest absolute Gasteiger partial charge is 0.246 e. The monoisotopic (exact) mass is 460 g/mol. The second-order valence-electron chi connectivity index (χ2n) is 6.58. The van der Waals surface area contributed by atoms with Crippen LogP contribution in [-0.2, 0) is 21.4 Å². The van der Waals surface area contributed by atoms with Crippen LogP contribution in [0.4, 0.5) is 0 Å². The lowest BCUT2D eigenvalue weighted by molar-refractivity contribution is -0.126. The number of hydrogen-bond acceptors (Lipinski definition) is 3. The van der Waals surface area contributed by atoms with E-state index < -0.39 is 10.0 Å². The van der Waals surface area contributed by atoms with Gasteiger partial charge in [-0.3, -0.25) is 4.79 Å². The van der Waals surface area contributed by atoms with Gasteiger partial charge in [-0.15, -0.1) is 0 Å². The molecule has 1 amide bonds. The molecule has 1 fully saturated rings. The predicted octanol–water partition coefficient (Wildman–Crippen LogP) is 4.36. The molecule has 0 aromatic heterocycles. The average Bonchev–Trinajstić information content (AvgIpc) is 2.66. The Labute approximate surface area is 179 Å². The van der Waals surface area contributed by atoms with Gasteiger partial charge in [-0.25, -0.2) is 8.42 Å². The van der Waals surface area contributed by atoms with Crippen LogP contribution in [0.25, 0.3) is 0 Å². The van der Waals surface area contributed by atoms with E-state index in [1.165, 1.54) is 16.4 Å². The van der Waals surface area contributed by atoms with E-state index in [-0.39, 0.29) is 39.9 Å².